The number of nitrogens with zero attached hydrogens (tertiary/aromatic N) is 5. The van der Waals surface area contributed by atoms with Gasteiger partial charge in [-0.15, -0.1) is 5.10 Å². The summed E-state index contributed by atoms with van der Waals surface area (Å²) >= 11 is 0. The lowest BCUT2D eigenvalue weighted by Crippen LogP contribution is -2.21. The summed E-state index contributed by atoms with van der Waals surface area (Å²) in [6.45, 7) is 1.42. The first kappa shape index (κ1) is 23.4. The first-order chi connectivity index (χ1) is 15.3. The van der Waals surface area contributed by atoms with E-state index in [0.29, 0.717) is 22.6 Å². The Balaban J connectivity index is 0.000000383. The highest BCUT2D eigenvalue weighted by molar-refractivity contribution is 5.94. The number of fused-ring (bicyclic) bond motifs is 1. The molecule has 0 saturated heterocycles. The fraction of sp³-hybridized carbons (Fsp3) is 0.176. The van der Waals surface area contributed by atoms with Crippen molar-refractivity contribution in [1.82, 2.24) is 34.5 Å². The van der Waals surface area contributed by atoms with E-state index in [4.69, 9.17) is 9.90 Å². The zero-order chi connectivity index (χ0) is 24.6. The summed E-state index contributed by atoms with van der Waals surface area (Å²) in [4.78, 5) is 35.3. The molecular formula is C17H11F6N7O3. The number of nitrogens with one attached hydrogen (secondary N) is 2. The van der Waals surface area contributed by atoms with Crippen LogP contribution in [-0.2, 0) is 11.0 Å². The van der Waals surface area contributed by atoms with Gasteiger partial charge in [0.1, 0.15) is 22.7 Å². The Kier molecular flexibility index (Phi) is 5.93. The van der Waals surface area contributed by atoms with Gasteiger partial charge in [0.05, 0.1) is 6.33 Å². The van der Waals surface area contributed by atoms with Crippen LogP contribution in [-0.4, -0.2) is 57.6 Å². The lowest BCUT2D eigenvalue weighted by atomic mass is 10.2. The zero-order valence-corrected chi connectivity index (χ0v) is 16.2. The number of carbonyl (C=O) groups is 2. The quantitative estimate of drug-likeness (QED) is 0.305. The molecule has 4 aromatic heterocycles. The van der Waals surface area contributed by atoms with Crippen molar-refractivity contribution in [1.29, 1.82) is 0 Å². The number of aromatic amines is 2. The number of carboxylic acids is 1. The van der Waals surface area contributed by atoms with E-state index in [1.807, 2.05) is 0 Å². The number of rotatable bonds is 3. The molecule has 0 bridgehead atoms. The number of imidazole rings is 2. The van der Waals surface area contributed by atoms with Crippen LogP contribution in [0.4, 0.5) is 26.3 Å². The normalized spacial score (nSPS) is 11.8. The molecule has 0 aromatic carbocycles. The first-order valence-electron chi connectivity index (χ1n) is 8.61. The molecule has 4 aromatic rings. The van der Waals surface area contributed by atoms with Gasteiger partial charge >= 0.3 is 18.3 Å². The van der Waals surface area contributed by atoms with Crippen LogP contribution >= 0.6 is 0 Å². The molecule has 0 radical (unpaired) electrons. The number of carboxylic acid groups (broad SMARTS) is 1. The molecule has 4 heterocycles. The Bertz CT molecular complexity index is 1310. The van der Waals surface area contributed by atoms with E-state index in [2.05, 4.69) is 30.1 Å². The number of H-pyrrole nitrogens is 2. The van der Waals surface area contributed by atoms with Crippen molar-refractivity contribution in [3.8, 4) is 22.9 Å². The van der Waals surface area contributed by atoms with E-state index in [1.54, 1.807) is 28.9 Å². The molecule has 33 heavy (non-hydrogen) atoms. The summed E-state index contributed by atoms with van der Waals surface area (Å²) < 4.78 is 71.8. The summed E-state index contributed by atoms with van der Waals surface area (Å²) in [5.41, 5.74) is 1.80. The van der Waals surface area contributed by atoms with E-state index < -0.39 is 24.1 Å². The molecule has 0 saturated carbocycles. The van der Waals surface area contributed by atoms with Gasteiger partial charge in [0, 0.05) is 18.0 Å². The first-order valence-corrected chi connectivity index (χ1v) is 8.61. The molecule has 0 aliphatic heterocycles. The number of carbonyl (C=O) groups excluding carboxylic acids is 1. The van der Waals surface area contributed by atoms with Crippen molar-refractivity contribution >= 4 is 17.4 Å². The van der Waals surface area contributed by atoms with Crippen LogP contribution < -0.4 is 0 Å². The number of Topliss-reactive ketones (excluding diaryl/α,β-unsaturated/α-hetero) is 1. The van der Waals surface area contributed by atoms with Crippen LogP contribution in [0, 0.1) is 0 Å². The second kappa shape index (κ2) is 8.36. The van der Waals surface area contributed by atoms with Crippen molar-refractivity contribution in [2.24, 2.45) is 0 Å². The summed E-state index contributed by atoms with van der Waals surface area (Å²) in [5, 5.41) is 12.6. The van der Waals surface area contributed by atoms with Crippen LogP contribution in [0.2, 0.25) is 0 Å². The Labute approximate surface area is 178 Å². The van der Waals surface area contributed by atoms with Gasteiger partial charge < -0.3 is 10.1 Å². The molecule has 0 fully saturated rings. The Morgan fingerprint density at radius 3 is 2.24 bits per heavy atom. The third-order valence-electron chi connectivity index (χ3n) is 3.97. The fourth-order valence-electron chi connectivity index (χ4n) is 2.55. The molecule has 174 valence electrons. The standard InChI is InChI=1S/C15H10F3N7O.C2HF3O2/c1-7(26)8-2-3-10-21-11(13-22-14(24-23-13)15(16,17)18)12(25(10)5-8)9-4-19-6-20-9;3-2(4,5)1(6)7/h2-6H,1H3,(H,19,20)(H,22,23,24);(H,6,7). The smallest absolute Gasteiger partial charge is 0.475 e. The molecule has 16 heteroatoms. The number of halogens is 6. The minimum absolute atomic E-state index is 0.140. The van der Waals surface area contributed by atoms with Gasteiger partial charge in [0.2, 0.25) is 0 Å². The lowest BCUT2D eigenvalue weighted by molar-refractivity contribution is -0.192. The molecule has 0 amide bonds. The van der Waals surface area contributed by atoms with Crippen LogP contribution in [0.25, 0.3) is 28.6 Å². The molecule has 0 aliphatic carbocycles. The van der Waals surface area contributed by atoms with Gasteiger partial charge in [-0.2, -0.15) is 26.3 Å². The largest absolute Gasteiger partial charge is 0.490 e. The van der Waals surface area contributed by atoms with E-state index in [9.17, 15) is 31.1 Å². The van der Waals surface area contributed by atoms with Gasteiger partial charge in [0.15, 0.2) is 11.6 Å². The third kappa shape index (κ3) is 4.99. The molecule has 4 rings (SSSR count). The van der Waals surface area contributed by atoms with E-state index in [0.717, 1.165) is 0 Å². The average Bonchev–Trinajstić information content (AvgIpc) is 3.44. The predicted molar refractivity (Wildman–Crippen MR) is 96.8 cm³/mol. The minimum atomic E-state index is -5.08. The molecule has 0 unspecified atom stereocenters. The Hall–Kier alpha value is -4.24. The van der Waals surface area contributed by atoms with Gasteiger partial charge in [-0.25, -0.2) is 19.7 Å². The second-order valence-corrected chi connectivity index (χ2v) is 6.27. The van der Waals surface area contributed by atoms with E-state index >= 15 is 0 Å². The highest BCUT2D eigenvalue weighted by atomic mass is 19.4. The Morgan fingerprint density at radius 1 is 1.09 bits per heavy atom. The SMILES string of the molecule is CC(=O)c1ccc2nc(-c3nc(C(F)(F)F)n[nH]3)c(-c3c[nH]cn3)n2c1.O=C(O)C(F)(F)F. The molecule has 0 atom stereocenters. The molecule has 0 spiro atoms. The monoisotopic (exact) mass is 475 g/mol. The topological polar surface area (TPSA) is 142 Å². The zero-order valence-electron chi connectivity index (χ0n) is 16.2. The van der Waals surface area contributed by atoms with E-state index in [-0.39, 0.29) is 17.3 Å². The highest BCUT2D eigenvalue weighted by Crippen LogP contribution is 2.32. The predicted octanol–water partition coefficient (Wildman–Crippen LogP) is 3.36. The van der Waals surface area contributed by atoms with Gasteiger partial charge in [0.25, 0.3) is 5.82 Å². The minimum Gasteiger partial charge on any atom is -0.475 e. The van der Waals surface area contributed by atoms with Crippen LogP contribution in [0.5, 0.6) is 0 Å². The van der Waals surface area contributed by atoms with E-state index in [1.165, 1.54) is 13.3 Å². The van der Waals surface area contributed by atoms with Crippen LogP contribution in [0.1, 0.15) is 23.1 Å². The maximum Gasteiger partial charge on any atom is 0.490 e. The molecule has 0 aliphatic rings. The Morgan fingerprint density at radius 2 is 1.76 bits per heavy atom. The number of aliphatic carboxylic acids is 1. The van der Waals surface area contributed by atoms with Gasteiger partial charge in [-0.05, 0) is 19.1 Å². The average molecular weight is 475 g/mol. The van der Waals surface area contributed by atoms with Gasteiger partial charge in [-0.1, -0.05) is 0 Å². The number of alkyl halides is 6. The molecule has 10 nitrogen and oxygen atoms in total. The number of pyridine rings is 1. The summed E-state index contributed by atoms with van der Waals surface area (Å²) in [5.74, 6) is -4.35. The van der Waals surface area contributed by atoms with Crippen molar-refractivity contribution in [2.75, 3.05) is 0 Å². The second-order valence-electron chi connectivity index (χ2n) is 6.27. The summed E-state index contributed by atoms with van der Waals surface area (Å²) in [7, 11) is 0. The number of hydrogen-bond acceptors (Lipinski definition) is 6. The van der Waals surface area contributed by atoms with Crippen molar-refractivity contribution in [2.45, 2.75) is 19.3 Å². The van der Waals surface area contributed by atoms with Gasteiger partial charge in [-0.3, -0.25) is 14.3 Å². The van der Waals surface area contributed by atoms with Crippen molar-refractivity contribution in [3.63, 3.8) is 0 Å². The van der Waals surface area contributed by atoms with Crippen LogP contribution in [0.3, 0.4) is 0 Å². The lowest BCUT2D eigenvalue weighted by Gasteiger charge is -2.02. The molecular weight excluding hydrogens is 464 g/mol. The van der Waals surface area contributed by atoms with Crippen molar-refractivity contribution in [3.05, 3.63) is 42.2 Å². The third-order valence-corrected chi connectivity index (χ3v) is 3.97. The highest BCUT2D eigenvalue weighted by Gasteiger charge is 2.38. The summed E-state index contributed by atoms with van der Waals surface area (Å²) in [6, 6.07) is 3.18. The van der Waals surface area contributed by atoms with Crippen LogP contribution in [0.15, 0.2) is 30.9 Å². The number of aromatic nitrogens is 7. The summed E-state index contributed by atoms with van der Waals surface area (Å²) in [6.07, 6.45) is -5.22. The molecule has 3 N–H and O–H groups in total. The van der Waals surface area contributed by atoms with Crippen molar-refractivity contribution < 1.29 is 41.0 Å². The maximum absolute atomic E-state index is 12.8. The number of ketones is 1. The number of hydrogen-bond donors (Lipinski definition) is 3. The maximum atomic E-state index is 12.8. The fourth-order valence-corrected chi connectivity index (χ4v) is 2.55.